The molecule has 0 aliphatic heterocycles. The first-order chi connectivity index (χ1) is 6.60. The molecule has 0 rings (SSSR count). The number of aliphatic hydroxyl groups excluding tert-OH is 2. The van der Waals surface area contributed by atoms with Crippen LogP contribution >= 0.6 is 11.8 Å². The van der Waals surface area contributed by atoms with Gasteiger partial charge in [0.25, 0.3) is 0 Å². The summed E-state index contributed by atoms with van der Waals surface area (Å²) in [4.78, 5) is 21.6. The van der Waals surface area contributed by atoms with Crippen molar-refractivity contribution in [2.75, 3.05) is 25.2 Å². The average Bonchev–Trinajstić information content (AvgIpc) is 2.17. The van der Waals surface area contributed by atoms with Crippen LogP contribution in [-0.4, -0.2) is 53.4 Å². The van der Waals surface area contributed by atoms with Gasteiger partial charge < -0.3 is 15.5 Å². The highest BCUT2D eigenvalue weighted by molar-refractivity contribution is 7.99. The Bertz CT molecular complexity index is 200. The third-order valence-electron chi connectivity index (χ3n) is 1.23. The minimum absolute atomic E-state index is 0.0739. The summed E-state index contributed by atoms with van der Waals surface area (Å²) in [6, 6.07) is -0.557. The minimum atomic E-state index is -0.826. The molecule has 7 heteroatoms. The number of amides is 3. The zero-order chi connectivity index (χ0) is 11.0. The number of hydrogen-bond acceptors (Lipinski definition) is 5. The van der Waals surface area contributed by atoms with Gasteiger partial charge in [0, 0.05) is 12.8 Å². The fourth-order valence-corrected chi connectivity index (χ4v) is 1.32. The number of urea groups is 1. The van der Waals surface area contributed by atoms with Gasteiger partial charge in [-0.2, -0.15) is 0 Å². The van der Waals surface area contributed by atoms with Gasteiger partial charge in [-0.05, 0) is 0 Å². The molecule has 3 amide bonds. The van der Waals surface area contributed by atoms with Crippen LogP contribution in [0.3, 0.4) is 0 Å². The van der Waals surface area contributed by atoms with E-state index >= 15 is 0 Å². The lowest BCUT2D eigenvalue weighted by molar-refractivity contribution is -0.117. The monoisotopic (exact) mass is 222 g/mol. The maximum atomic E-state index is 10.9. The lowest BCUT2D eigenvalue weighted by atomic mass is 10.4. The molecule has 1 unspecified atom stereocenters. The Labute approximate surface area is 86.1 Å². The predicted octanol–water partition coefficient (Wildman–Crippen LogP) is -1.47. The quantitative estimate of drug-likeness (QED) is 0.455. The first-order valence-corrected chi connectivity index (χ1v) is 5.13. The van der Waals surface area contributed by atoms with E-state index in [2.05, 4.69) is 10.6 Å². The molecule has 0 spiro atoms. The minimum Gasteiger partial charge on any atom is -0.394 e. The van der Waals surface area contributed by atoms with Crippen molar-refractivity contribution in [3.05, 3.63) is 0 Å². The fourth-order valence-electron chi connectivity index (χ4n) is 0.566. The third kappa shape index (κ3) is 6.70. The number of nitrogens with one attached hydrogen (secondary N) is 2. The van der Waals surface area contributed by atoms with Gasteiger partial charge in [-0.15, -0.1) is 11.8 Å². The zero-order valence-corrected chi connectivity index (χ0v) is 8.63. The predicted molar refractivity (Wildman–Crippen MR) is 53.0 cm³/mol. The van der Waals surface area contributed by atoms with Crippen LogP contribution in [-0.2, 0) is 4.79 Å². The lowest BCUT2D eigenvalue weighted by Crippen LogP contribution is -2.38. The fraction of sp³-hybridized carbons (Fsp3) is 0.714. The van der Waals surface area contributed by atoms with Crippen molar-refractivity contribution in [2.45, 2.75) is 6.10 Å². The SMILES string of the molecule is CNC(=O)NC(=O)CSCC(O)CO. The molecule has 0 saturated heterocycles. The highest BCUT2D eigenvalue weighted by Gasteiger charge is 2.07. The first kappa shape index (κ1) is 13.2. The van der Waals surface area contributed by atoms with Gasteiger partial charge in [0.2, 0.25) is 5.91 Å². The van der Waals surface area contributed by atoms with Crippen LogP contribution in [0.4, 0.5) is 4.79 Å². The molecule has 0 aromatic carbocycles. The number of thioether (sulfide) groups is 1. The van der Waals surface area contributed by atoms with Crippen molar-refractivity contribution in [1.29, 1.82) is 0 Å². The molecule has 4 N–H and O–H groups in total. The molecule has 0 saturated carbocycles. The molecule has 0 bridgehead atoms. The summed E-state index contributed by atoms with van der Waals surface area (Å²) in [6.07, 6.45) is -0.826. The summed E-state index contributed by atoms with van der Waals surface area (Å²) < 4.78 is 0. The second kappa shape index (κ2) is 7.60. The Morgan fingerprint density at radius 2 is 2.14 bits per heavy atom. The molecule has 0 heterocycles. The zero-order valence-electron chi connectivity index (χ0n) is 7.82. The number of hydrogen-bond donors (Lipinski definition) is 4. The molecular formula is C7H14N2O4S. The van der Waals surface area contributed by atoms with Crippen LogP contribution in [0, 0.1) is 0 Å². The molecule has 0 radical (unpaired) electrons. The van der Waals surface area contributed by atoms with E-state index < -0.39 is 18.0 Å². The lowest BCUT2D eigenvalue weighted by Gasteiger charge is -2.06. The van der Waals surface area contributed by atoms with Crippen LogP contribution in [0.15, 0.2) is 0 Å². The Morgan fingerprint density at radius 1 is 1.50 bits per heavy atom. The van der Waals surface area contributed by atoms with E-state index in [1.54, 1.807) is 0 Å². The number of imide groups is 1. The highest BCUT2D eigenvalue weighted by atomic mass is 32.2. The van der Waals surface area contributed by atoms with E-state index in [1.165, 1.54) is 7.05 Å². The number of carbonyl (C=O) groups excluding carboxylic acids is 2. The van der Waals surface area contributed by atoms with Gasteiger partial charge in [-0.1, -0.05) is 0 Å². The Kier molecular flexibility index (Phi) is 7.17. The van der Waals surface area contributed by atoms with Gasteiger partial charge in [-0.25, -0.2) is 4.79 Å². The highest BCUT2D eigenvalue weighted by Crippen LogP contribution is 2.01. The molecule has 0 fully saturated rings. The number of carbonyl (C=O) groups is 2. The van der Waals surface area contributed by atoms with Gasteiger partial charge in [0.15, 0.2) is 0 Å². The van der Waals surface area contributed by atoms with Crippen molar-refractivity contribution in [1.82, 2.24) is 10.6 Å². The largest absolute Gasteiger partial charge is 0.394 e. The molecule has 0 aromatic rings. The summed E-state index contributed by atoms with van der Waals surface area (Å²) in [7, 11) is 1.41. The van der Waals surface area contributed by atoms with Crippen LogP contribution < -0.4 is 10.6 Å². The molecule has 14 heavy (non-hydrogen) atoms. The van der Waals surface area contributed by atoms with Crippen molar-refractivity contribution < 1.29 is 19.8 Å². The van der Waals surface area contributed by atoms with Gasteiger partial charge in [-0.3, -0.25) is 10.1 Å². The average molecular weight is 222 g/mol. The molecule has 0 aliphatic rings. The van der Waals surface area contributed by atoms with Gasteiger partial charge >= 0.3 is 6.03 Å². The Balaban J connectivity index is 3.49. The summed E-state index contributed by atoms with van der Waals surface area (Å²) in [5.41, 5.74) is 0. The van der Waals surface area contributed by atoms with E-state index in [9.17, 15) is 9.59 Å². The second-order valence-electron chi connectivity index (χ2n) is 2.48. The van der Waals surface area contributed by atoms with E-state index in [0.29, 0.717) is 0 Å². The van der Waals surface area contributed by atoms with Crippen molar-refractivity contribution in [2.24, 2.45) is 0 Å². The van der Waals surface area contributed by atoms with E-state index in [4.69, 9.17) is 10.2 Å². The van der Waals surface area contributed by atoms with Crippen LogP contribution in [0.1, 0.15) is 0 Å². The second-order valence-corrected chi connectivity index (χ2v) is 3.51. The van der Waals surface area contributed by atoms with Gasteiger partial charge in [0.1, 0.15) is 0 Å². The summed E-state index contributed by atoms with van der Waals surface area (Å²) in [5.74, 6) is -0.0956. The molecule has 0 aliphatic carbocycles. The van der Waals surface area contributed by atoms with E-state index in [1.807, 2.05) is 0 Å². The molecule has 1 atom stereocenters. The molecule has 0 aromatic heterocycles. The maximum absolute atomic E-state index is 10.9. The standard InChI is InChI=1S/C7H14N2O4S/c1-8-7(13)9-6(12)4-14-3-5(11)2-10/h5,10-11H,2-4H2,1H3,(H2,8,9,12,13). The van der Waals surface area contributed by atoms with E-state index in [-0.39, 0.29) is 18.1 Å². The van der Waals surface area contributed by atoms with Crippen LogP contribution in [0.2, 0.25) is 0 Å². The maximum Gasteiger partial charge on any atom is 0.321 e. The molecule has 82 valence electrons. The van der Waals surface area contributed by atoms with E-state index in [0.717, 1.165) is 11.8 Å². The smallest absolute Gasteiger partial charge is 0.321 e. The third-order valence-corrected chi connectivity index (χ3v) is 2.32. The Morgan fingerprint density at radius 3 is 2.64 bits per heavy atom. The summed E-state index contributed by atoms with van der Waals surface area (Å²) in [5, 5.41) is 21.7. The first-order valence-electron chi connectivity index (χ1n) is 3.98. The Hall–Kier alpha value is -0.790. The van der Waals surface area contributed by atoms with Crippen LogP contribution in [0.25, 0.3) is 0 Å². The van der Waals surface area contributed by atoms with Crippen molar-refractivity contribution in [3.8, 4) is 0 Å². The normalized spacial score (nSPS) is 11.9. The summed E-state index contributed by atoms with van der Waals surface area (Å²) in [6.45, 7) is -0.329. The topological polar surface area (TPSA) is 98.7 Å². The van der Waals surface area contributed by atoms with Crippen LogP contribution in [0.5, 0.6) is 0 Å². The van der Waals surface area contributed by atoms with Crippen molar-refractivity contribution in [3.63, 3.8) is 0 Å². The molecule has 6 nitrogen and oxygen atoms in total. The summed E-state index contributed by atoms with van der Waals surface area (Å²) >= 11 is 1.14. The van der Waals surface area contributed by atoms with Crippen molar-refractivity contribution >= 4 is 23.7 Å². The number of aliphatic hydroxyl groups is 2. The molecular weight excluding hydrogens is 208 g/mol. The van der Waals surface area contributed by atoms with Gasteiger partial charge in [0.05, 0.1) is 18.5 Å². The number of rotatable bonds is 5.